The second kappa shape index (κ2) is 7.17. The summed E-state index contributed by atoms with van der Waals surface area (Å²) in [6, 6.07) is 17.1. The SMILES string of the molecule is O=C(O)CN(C(=O)OCc1ccccc1)C1Cc2ccccc2C1. The quantitative estimate of drug-likeness (QED) is 0.918. The molecule has 2 aromatic rings. The Morgan fingerprint density at radius 1 is 1.00 bits per heavy atom. The molecule has 5 nitrogen and oxygen atoms in total. The zero-order valence-electron chi connectivity index (χ0n) is 13.2. The van der Waals surface area contributed by atoms with Crippen LogP contribution in [0.1, 0.15) is 16.7 Å². The number of benzene rings is 2. The molecule has 0 fully saturated rings. The van der Waals surface area contributed by atoms with Gasteiger partial charge in [-0.3, -0.25) is 9.69 Å². The summed E-state index contributed by atoms with van der Waals surface area (Å²) in [5.41, 5.74) is 3.19. The summed E-state index contributed by atoms with van der Waals surface area (Å²) < 4.78 is 5.33. The smallest absolute Gasteiger partial charge is 0.410 e. The molecule has 0 saturated carbocycles. The molecule has 24 heavy (non-hydrogen) atoms. The third-order valence-corrected chi connectivity index (χ3v) is 4.22. The molecule has 0 aromatic heterocycles. The minimum atomic E-state index is -1.04. The lowest BCUT2D eigenvalue weighted by atomic mass is 10.1. The van der Waals surface area contributed by atoms with Gasteiger partial charge in [-0.15, -0.1) is 0 Å². The summed E-state index contributed by atoms with van der Waals surface area (Å²) in [5, 5.41) is 9.15. The molecule has 124 valence electrons. The molecule has 0 atom stereocenters. The van der Waals surface area contributed by atoms with E-state index in [0.717, 1.165) is 16.7 Å². The number of nitrogens with zero attached hydrogens (tertiary/aromatic N) is 1. The first-order valence-corrected chi connectivity index (χ1v) is 7.89. The summed E-state index contributed by atoms with van der Waals surface area (Å²) >= 11 is 0. The number of hydrogen-bond donors (Lipinski definition) is 1. The maximum Gasteiger partial charge on any atom is 0.410 e. The number of carboxylic acid groups (broad SMARTS) is 1. The van der Waals surface area contributed by atoms with Crippen molar-refractivity contribution in [2.45, 2.75) is 25.5 Å². The second-order valence-electron chi connectivity index (χ2n) is 5.89. The van der Waals surface area contributed by atoms with Crippen LogP contribution in [0.4, 0.5) is 4.79 Å². The Bertz CT molecular complexity index is 704. The Labute approximate surface area is 140 Å². The maximum atomic E-state index is 12.4. The molecule has 0 bridgehead atoms. The predicted molar refractivity (Wildman–Crippen MR) is 88.6 cm³/mol. The molecule has 0 saturated heterocycles. The van der Waals surface area contributed by atoms with Gasteiger partial charge in [0, 0.05) is 6.04 Å². The Balaban J connectivity index is 1.68. The first-order valence-electron chi connectivity index (χ1n) is 7.89. The van der Waals surface area contributed by atoms with Crippen molar-refractivity contribution in [1.82, 2.24) is 4.90 Å². The first-order chi connectivity index (χ1) is 11.6. The van der Waals surface area contributed by atoms with Crippen molar-refractivity contribution in [1.29, 1.82) is 0 Å². The summed E-state index contributed by atoms with van der Waals surface area (Å²) in [5.74, 6) is -1.04. The number of carboxylic acids is 1. The molecule has 0 unspecified atom stereocenters. The van der Waals surface area contributed by atoms with E-state index in [-0.39, 0.29) is 19.2 Å². The van der Waals surface area contributed by atoms with E-state index < -0.39 is 12.1 Å². The third kappa shape index (κ3) is 3.74. The van der Waals surface area contributed by atoms with Crippen LogP contribution in [0, 0.1) is 0 Å². The van der Waals surface area contributed by atoms with E-state index in [1.807, 2.05) is 54.6 Å². The Kier molecular flexibility index (Phi) is 4.79. The molecule has 0 radical (unpaired) electrons. The average Bonchev–Trinajstić information content (AvgIpc) is 3.02. The van der Waals surface area contributed by atoms with Crippen molar-refractivity contribution in [2.75, 3.05) is 6.54 Å². The number of aliphatic carboxylic acids is 1. The number of carbonyl (C=O) groups excluding carboxylic acids is 1. The zero-order valence-corrected chi connectivity index (χ0v) is 13.2. The Morgan fingerprint density at radius 2 is 1.58 bits per heavy atom. The van der Waals surface area contributed by atoms with Crippen molar-refractivity contribution in [3.63, 3.8) is 0 Å². The standard InChI is InChI=1S/C19H19NO4/c21-18(22)12-20(17-10-15-8-4-5-9-16(15)11-17)19(23)24-13-14-6-2-1-3-7-14/h1-9,17H,10-13H2,(H,21,22). The highest BCUT2D eigenvalue weighted by Gasteiger charge is 2.32. The van der Waals surface area contributed by atoms with Gasteiger partial charge in [0.15, 0.2) is 0 Å². The molecule has 0 heterocycles. The lowest BCUT2D eigenvalue weighted by molar-refractivity contribution is -0.138. The fraction of sp³-hybridized carbons (Fsp3) is 0.263. The van der Waals surface area contributed by atoms with Gasteiger partial charge in [0.05, 0.1) is 0 Å². The fourth-order valence-electron chi connectivity index (χ4n) is 3.05. The maximum absolute atomic E-state index is 12.4. The molecule has 3 rings (SSSR count). The molecule has 1 N–H and O–H groups in total. The third-order valence-electron chi connectivity index (χ3n) is 4.22. The van der Waals surface area contributed by atoms with Gasteiger partial charge in [-0.25, -0.2) is 4.79 Å². The van der Waals surface area contributed by atoms with Crippen molar-refractivity contribution >= 4 is 12.1 Å². The van der Waals surface area contributed by atoms with Crippen molar-refractivity contribution < 1.29 is 19.4 Å². The van der Waals surface area contributed by atoms with Crippen molar-refractivity contribution in [3.05, 3.63) is 71.3 Å². The lowest BCUT2D eigenvalue weighted by Gasteiger charge is -2.26. The van der Waals surface area contributed by atoms with Crippen LogP contribution >= 0.6 is 0 Å². The molecule has 1 aliphatic rings. The van der Waals surface area contributed by atoms with Gasteiger partial charge in [0.1, 0.15) is 13.2 Å². The van der Waals surface area contributed by atoms with E-state index in [1.54, 1.807) is 0 Å². The highest BCUT2D eigenvalue weighted by Crippen LogP contribution is 2.26. The molecule has 0 aliphatic heterocycles. The van der Waals surface area contributed by atoms with Gasteiger partial charge < -0.3 is 9.84 Å². The number of hydrogen-bond acceptors (Lipinski definition) is 3. The summed E-state index contributed by atoms with van der Waals surface area (Å²) in [7, 11) is 0. The van der Waals surface area contributed by atoms with E-state index in [4.69, 9.17) is 9.84 Å². The van der Waals surface area contributed by atoms with Crippen LogP contribution in [0.3, 0.4) is 0 Å². The van der Waals surface area contributed by atoms with E-state index in [1.165, 1.54) is 4.90 Å². The molecule has 2 aromatic carbocycles. The Hall–Kier alpha value is -2.82. The summed E-state index contributed by atoms with van der Waals surface area (Å²) in [6.07, 6.45) is 0.729. The van der Waals surface area contributed by atoms with Crippen LogP contribution in [0.5, 0.6) is 0 Å². The van der Waals surface area contributed by atoms with Crippen LogP contribution in [0.25, 0.3) is 0 Å². The van der Waals surface area contributed by atoms with Gasteiger partial charge >= 0.3 is 12.1 Å². The van der Waals surface area contributed by atoms with Crippen LogP contribution in [-0.2, 0) is 29.0 Å². The van der Waals surface area contributed by atoms with Crippen LogP contribution in [0.15, 0.2) is 54.6 Å². The molecule has 0 spiro atoms. The average molecular weight is 325 g/mol. The highest BCUT2D eigenvalue weighted by atomic mass is 16.6. The number of fused-ring (bicyclic) bond motifs is 1. The number of ether oxygens (including phenoxy) is 1. The predicted octanol–water partition coefficient (Wildman–Crippen LogP) is 2.88. The van der Waals surface area contributed by atoms with Crippen LogP contribution < -0.4 is 0 Å². The number of rotatable bonds is 5. The van der Waals surface area contributed by atoms with E-state index in [0.29, 0.717) is 12.8 Å². The summed E-state index contributed by atoms with van der Waals surface area (Å²) in [4.78, 5) is 24.9. The topological polar surface area (TPSA) is 66.8 Å². The largest absolute Gasteiger partial charge is 0.480 e. The molecule has 1 amide bonds. The lowest BCUT2D eigenvalue weighted by Crippen LogP contribution is -2.44. The monoisotopic (exact) mass is 325 g/mol. The van der Waals surface area contributed by atoms with Crippen LogP contribution in [0.2, 0.25) is 0 Å². The van der Waals surface area contributed by atoms with Crippen molar-refractivity contribution in [3.8, 4) is 0 Å². The van der Waals surface area contributed by atoms with Gasteiger partial charge in [0.2, 0.25) is 0 Å². The fourth-order valence-corrected chi connectivity index (χ4v) is 3.05. The highest BCUT2D eigenvalue weighted by molar-refractivity contribution is 5.77. The normalized spacial score (nSPS) is 13.3. The summed E-state index contributed by atoms with van der Waals surface area (Å²) in [6.45, 7) is -0.220. The van der Waals surface area contributed by atoms with Gasteiger partial charge in [-0.1, -0.05) is 54.6 Å². The van der Waals surface area contributed by atoms with Gasteiger partial charge in [-0.2, -0.15) is 0 Å². The minimum absolute atomic E-state index is 0.134. The molecular weight excluding hydrogens is 306 g/mol. The molecule has 1 aliphatic carbocycles. The van der Waals surface area contributed by atoms with Gasteiger partial charge in [0.25, 0.3) is 0 Å². The molecule has 5 heteroatoms. The Morgan fingerprint density at radius 3 is 2.17 bits per heavy atom. The molecular formula is C19H19NO4. The number of amides is 1. The first kappa shape index (κ1) is 16.1. The zero-order chi connectivity index (χ0) is 16.9. The van der Waals surface area contributed by atoms with Crippen LogP contribution in [-0.4, -0.2) is 34.7 Å². The van der Waals surface area contributed by atoms with Gasteiger partial charge in [-0.05, 0) is 29.5 Å². The van der Waals surface area contributed by atoms with Crippen molar-refractivity contribution in [2.24, 2.45) is 0 Å². The second-order valence-corrected chi connectivity index (χ2v) is 5.89. The van der Waals surface area contributed by atoms with E-state index >= 15 is 0 Å². The van der Waals surface area contributed by atoms with E-state index in [2.05, 4.69) is 0 Å². The number of carbonyl (C=O) groups is 2. The van der Waals surface area contributed by atoms with E-state index in [9.17, 15) is 9.59 Å². The minimum Gasteiger partial charge on any atom is -0.480 e.